The topological polar surface area (TPSA) is 68.3 Å². The van der Waals surface area contributed by atoms with Crippen molar-refractivity contribution in [2.45, 2.75) is 32.7 Å². The zero-order chi connectivity index (χ0) is 16.9. The standard InChI is InChI=1S/C19H20N2O3/c1-13(10-11-16-9-6-12-23-16)20-19(22)17-14(2)24-21-18(17)15-7-4-3-5-8-15/h3-9,12-13H,10-11H2,1-2H3,(H,20,22). The van der Waals surface area contributed by atoms with Gasteiger partial charge in [-0.1, -0.05) is 35.5 Å². The average Bonchev–Trinajstić information content (AvgIpc) is 3.23. The highest BCUT2D eigenvalue weighted by Crippen LogP contribution is 2.25. The van der Waals surface area contributed by atoms with Gasteiger partial charge in [0.15, 0.2) is 0 Å². The predicted molar refractivity (Wildman–Crippen MR) is 90.6 cm³/mol. The van der Waals surface area contributed by atoms with Crippen LogP contribution in [0, 0.1) is 6.92 Å². The number of rotatable bonds is 6. The Kier molecular flexibility index (Phi) is 4.79. The normalized spacial score (nSPS) is 12.1. The minimum atomic E-state index is -0.167. The minimum Gasteiger partial charge on any atom is -0.469 e. The SMILES string of the molecule is Cc1onc(-c2ccccc2)c1C(=O)NC(C)CCc1ccco1. The first-order valence-electron chi connectivity index (χ1n) is 8.00. The molecule has 0 aliphatic heterocycles. The molecular formula is C19H20N2O3. The molecule has 24 heavy (non-hydrogen) atoms. The second-order valence-electron chi connectivity index (χ2n) is 5.82. The van der Waals surface area contributed by atoms with E-state index in [-0.39, 0.29) is 11.9 Å². The van der Waals surface area contributed by atoms with Crippen LogP contribution in [0.1, 0.15) is 35.2 Å². The third-order valence-corrected chi connectivity index (χ3v) is 3.92. The fraction of sp³-hybridized carbons (Fsp3) is 0.263. The van der Waals surface area contributed by atoms with E-state index in [2.05, 4.69) is 10.5 Å². The van der Waals surface area contributed by atoms with Crippen LogP contribution in [0.5, 0.6) is 0 Å². The molecule has 0 fully saturated rings. The molecule has 1 aromatic carbocycles. The molecule has 0 saturated heterocycles. The van der Waals surface area contributed by atoms with E-state index < -0.39 is 0 Å². The van der Waals surface area contributed by atoms with Crippen molar-refractivity contribution < 1.29 is 13.7 Å². The monoisotopic (exact) mass is 324 g/mol. The van der Waals surface area contributed by atoms with Crippen molar-refractivity contribution in [1.82, 2.24) is 10.5 Å². The minimum absolute atomic E-state index is 0.0144. The number of aryl methyl sites for hydroxylation is 2. The second-order valence-corrected chi connectivity index (χ2v) is 5.82. The molecule has 124 valence electrons. The molecule has 5 heteroatoms. The van der Waals surface area contributed by atoms with Gasteiger partial charge in [-0.05, 0) is 32.4 Å². The Morgan fingerprint density at radius 1 is 1.21 bits per heavy atom. The first-order chi connectivity index (χ1) is 11.6. The van der Waals surface area contributed by atoms with Crippen molar-refractivity contribution in [3.05, 3.63) is 65.8 Å². The molecule has 0 aliphatic carbocycles. The lowest BCUT2D eigenvalue weighted by molar-refractivity contribution is 0.0937. The number of carbonyl (C=O) groups is 1. The van der Waals surface area contributed by atoms with Crippen LogP contribution in [0.2, 0.25) is 0 Å². The zero-order valence-corrected chi connectivity index (χ0v) is 13.8. The highest BCUT2D eigenvalue weighted by molar-refractivity contribution is 6.00. The van der Waals surface area contributed by atoms with Gasteiger partial charge >= 0.3 is 0 Å². The van der Waals surface area contributed by atoms with Crippen LogP contribution in [0.4, 0.5) is 0 Å². The molecule has 5 nitrogen and oxygen atoms in total. The van der Waals surface area contributed by atoms with Crippen molar-refractivity contribution >= 4 is 5.91 Å². The molecule has 2 heterocycles. The molecule has 0 radical (unpaired) electrons. The Morgan fingerprint density at radius 3 is 2.71 bits per heavy atom. The maximum absolute atomic E-state index is 12.7. The van der Waals surface area contributed by atoms with E-state index in [1.54, 1.807) is 13.2 Å². The first kappa shape index (κ1) is 16.1. The van der Waals surface area contributed by atoms with Crippen LogP contribution in [0.3, 0.4) is 0 Å². The number of nitrogens with one attached hydrogen (secondary N) is 1. The van der Waals surface area contributed by atoms with E-state index in [9.17, 15) is 4.79 Å². The van der Waals surface area contributed by atoms with E-state index in [0.717, 1.165) is 24.2 Å². The maximum atomic E-state index is 12.7. The van der Waals surface area contributed by atoms with Crippen LogP contribution in [0.15, 0.2) is 57.7 Å². The van der Waals surface area contributed by atoms with E-state index in [0.29, 0.717) is 17.0 Å². The van der Waals surface area contributed by atoms with Crippen LogP contribution in [-0.2, 0) is 6.42 Å². The molecule has 1 unspecified atom stereocenters. The van der Waals surface area contributed by atoms with Gasteiger partial charge in [0.1, 0.15) is 22.8 Å². The second kappa shape index (κ2) is 7.17. The van der Waals surface area contributed by atoms with Gasteiger partial charge in [-0.3, -0.25) is 4.79 Å². The summed E-state index contributed by atoms with van der Waals surface area (Å²) in [7, 11) is 0. The number of hydrogen-bond acceptors (Lipinski definition) is 4. The first-order valence-corrected chi connectivity index (χ1v) is 8.00. The molecule has 0 saturated carbocycles. The zero-order valence-electron chi connectivity index (χ0n) is 13.8. The van der Waals surface area contributed by atoms with Crippen LogP contribution >= 0.6 is 0 Å². The van der Waals surface area contributed by atoms with E-state index in [4.69, 9.17) is 8.94 Å². The highest BCUT2D eigenvalue weighted by Gasteiger charge is 2.22. The van der Waals surface area contributed by atoms with Gasteiger partial charge in [-0.15, -0.1) is 0 Å². The molecule has 0 bridgehead atoms. The number of nitrogens with zero attached hydrogens (tertiary/aromatic N) is 1. The summed E-state index contributed by atoms with van der Waals surface area (Å²) in [6.45, 7) is 3.73. The lowest BCUT2D eigenvalue weighted by Crippen LogP contribution is -2.33. The highest BCUT2D eigenvalue weighted by atomic mass is 16.5. The molecule has 0 spiro atoms. The van der Waals surface area contributed by atoms with Crippen molar-refractivity contribution in [1.29, 1.82) is 0 Å². The molecule has 1 atom stereocenters. The van der Waals surface area contributed by atoms with Gasteiger partial charge in [0.05, 0.1) is 6.26 Å². The Hall–Kier alpha value is -2.82. The molecular weight excluding hydrogens is 304 g/mol. The number of furan rings is 1. The number of hydrogen-bond donors (Lipinski definition) is 1. The van der Waals surface area contributed by atoms with Crippen molar-refractivity contribution in [3.63, 3.8) is 0 Å². The number of amides is 1. The maximum Gasteiger partial charge on any atom is 0.257 e. The molecule has 1 amide bonds. The lowest BCUT2D eigenvalue weighted by atomic mass is 10.0. The van der Waals surface area contributed by atoms with Gasteiger partial charge in [-0.25, -0.2) is 0 Å². The quantitative estimate of drug-likeness (QED) is 0.744. The molecule has 0 aliphatic rings. The molecule has 1 N–H and O–H groups in total. The Morgan fingerprint density at radius 2 is 2.00 bits per heavy atom. The summed E-state index contributed by atoms with van der Waals surface area (Å²) in [6, 6.07) is 13.4. The third-order valence-electron chi connectivity index (χ3n) is 3.92. The molecule has 3 rings (SSSR count). The summed E-state index contributed by atoms with van der Waals surface area (Å²) in [5, 5.41) is 7.07. The Bertz CT molecular complexity index is 791. The lowest BCUT2D eigenvalue weighted by Gasteiger charge is -2.13. The Balaban J connectivity index is 1.70. The van der Waals surface area contributed by atoms with Gasteiger partial charge in [0.25, 0.3) is 5.91 Å². The summed E-state index contributed by atoms with van der Waals surface area (Å²) in [4.78, 5) is 12.7. The molecule has 2 aromatic heterocycles. The van der Waals surface area contributed by atoms with Crippen molar-refractivity contribution in [3.8, 4) is 11.3 Å². The van der Waals surface area contributed by atoms with Crippen LogP contribution in [0.25, 0.3) is 11.3 Å². The fourth-order valence-electron chi connectivity index (χ4n) is 2.61. The number of aromatic nitrogens is 1. The van der Waals surface area contributed by atoms with E-state index >= 15 is 0 Å². The molecule has 3 aromatic rings. The largest absolute Gasteiger partial charge is 0.469 e. The van der Waals surface area contributed by atoms with Crippen LogP contribution in [-0.4, -0.2) is 17.1 Å². The van der Waals surface area contributed by atoms with Gasteiger partial charge in [0, 0.05) is 18.0 Å². The van der Waals surface area contributed by atoms with Crippen molar-refractivity contribution in [2.24, 2.45) is 0 Å². The van der Waals surface area contributed by atoms with Crippen molar-refractivity contribution in [2.75, 3.05) is 0 Å². The van der Waals surface area contributed by atoms with Gasteiger partial charge in [-0.2, -0.15) is 0 Å². The Labute approximate surface area is 140 Å². The number of carbonyl (C=O) groups excluding carboxylic acids is 1. The predicted octanol–water partition coefficient (Wildman–Crippen LogP) is 3.99. The summed E-state index contributed by atoms with van der Waals surface area (Å²) < 4.78 is 10.6. The third kappa shape index (κ3) is 3.56. The van der Waals surface area contributed by atoms with Gasteiger partial charge in [0.2, 0.25) is 0 Å². The fourth-order valence-corrected chi connectivity index (χ4v) is 2.61. The van der Waals surface area contributed by atoms with Crippen LogP contribution < -0.4 is 5.32 Å². The van der Waals surface area contributed by atoms with E-state index in [1.807, 2.05) is 49.4 Å². The van der Waals surface area contributed by atoms with Gasteiger partial charge < -0.3 is 14.3 Å². The summed E-state index contributed by atoms with van der Waals surface area (Å²) in [5.41, 5.74) is 1.93. The number of benzene rings is 1. The summed E-state index contributed by atoms with van der Waals surface area (Å²) in [6.07, 6.45) is 3.23. The summed E-state index contributed by atoms with van der Waals surface area (Å²) in [5.74, 6) is 1.27. The summed E-state index contributed by atoms with van der Waals surface area (Å²) >= 11 is 0. The smallest absolute Gasteiger partial charge is 0.257 e. The average molecular weight is 324 g/mol. The van der Waals surface area contributed by atoms with E-state index in [1.165, 1.54) is 0 Å².